The van der Waals surface area contributed by atoms with E-state index in [0.29, 0.717) is 62.0 Å². The summed E-state index contributed by atoms with van der Waals surface area (Å²) in [6, 6.07) is 8.48. The van der Waals surface area contributed by atoms with E-state index in [1.165, 1.54) is 6.07 Å². The van der Waals surface area contributed by atoms with E-state index in [-0.39, 0.29) is 28.6 Å². The van der Waals surface area contributed by atoms with Crippen molar-refractivity contribution in [3.8, 4) is 17.2 Å². The van der Waals surface area contributed by atoms with Gasteiger partial charge >= 0.3 is 12.1 Å². The number of rotatable bonds is 2. The Balaban J connectivity index is 0.000000411. The molecule has 3 N–H and O–H groups in total. The Labute approximate surface area is 224 Å². The molecule has 4 heterocycles. The second-order valence-corrected chi connectivity index (χ2v) is 9.45. The number of anilines is 1. The highest BCUT2D eigenvalue weighted by molar-refractivity contribution is 6.01. The lowest BCUT2D eigenvalue weighted by molar-refractivity contribution is -0.192. The first-order valence-electron chi connectivity index (χ1n) is 12.3. The van der Waals surface area contributed by atoms with Crippen LogP contribution in [0.25, 0.3) is 16.6 Å². The van der Waals surface area contributed by atoms with E-state index in [9.17, 15) is 22.8 Å². The number of fused-ring (bicyclic) bond motifs is 2. The third-order valence-electron chi connectivity index (χ3n) is 6.82. The topological polar surface area (TPSA) is 127 Å². The van der Waals surface area contributed by atoms with Gasteiger partial charge in [-0.25, -0.2) is 9.18 Å². The Hall–Kier alpha value is -4.17. The highest BCUT2D eigenvalue weighted by Crippen LogP contribution is 2.47. The normalized spacial score (nSPS) is 18.1. The van der Waals surface area contributed by atoms with Crippen molar-refractivity contribution < 1.29 is 41.7 Å². The number of benzene rings is 2. The zero-order chi connectivity index (χ0) is 28.8. The second-order valence-electron chi connectivity index (χ2n) is 9.45. The summed E-state index contributed by atoms with van der Waals surface area (Å²) < 4.78 is 60.6. The van der Waals surface area contributed by atoms with Crippen molar-refractivity contribution in [3.05, 3.63) is 58.1 Å². The van der Waals surface area contributed by atoms with Crippen molar-refractivity contribution in [2.75, 3.05) is 44.3 Å². The zero-order valence-electron chi connectivity index (χ0n) is 20.9. The molecule has 2 aromatic carbocycles. The second kappa shape index (κ2) is 10.4. The monoisotopic (exact) mass is 564 g/mol. The number of carboxylic acid groups (broad SMARTS) is 1. The number of nitrogens with zero attached hydrogens (tertiary/aromatic N) is 3. The van der Waals surface area contributed by atoms with Crippen LogP contribution in [0.15, 0.2) is 41.3 Å². The summed E-state index contributed by atoms with van der Waals surface area (Å²) in [5.41, 5.74) is 7.00. The van der Waals surface area contributed by atoms with Crippen LogP contribution in [0.2, 0.25) is 0 Å². The van der Waals surface area contributed by atoms with Gasteiger partial charge in [-0.1, -0.05) is 12.1 Å². The molecule has 3 aromatic rings. The molecule has 0 radical (unpaired) electrons. The number of nitrogens with two attached hydrogens (primary N) is 1. The number of amides is 1. The fourth-order valence-electron chi connectivity index (χ4n) is 4.93. The van der Waals surface area contributed by atoms with Crippen molar-refractivity contribution >= 4 is 28.5 Å². The van der Waals surface area contributed by atoms with Crippen LogP contribution in [-0.4, -0.2) is 78.1 Å². The number of para-hydroxylation sites is 2. The minimum absolute atomic E-state index is 0.00222. The molecule has 40 heavy (non-hydrogen) atoms. The van der Waals surface area contributed by atoms with Gasteiger partial charge in [0, 0.05) is 38.4 Å². The molecule has 212 valence electrons. The molecule has 2 fully saturated rings. The van der Waals surface area contributed by atoms with Crippen LogP contribution in [0.5, 0.6) is 11.5 Å². The number of carbonyl (C=O) groups excluding carboxylic acids is 1. The maximum absolute atomic E-state index is 15.5. The maximum Gasteiger partial charge on any atom is 0.490 e. The highest BCUT2D eigenvalue weighted by Gasteiger charge is 2.38. The molecule has 1 amide bonds. The summed E-state index contributed by atoms with van der Waals surface area (Å²) in [6.07, 6.45) is -2.78. The van der Waals surface area contributed by atoms with Gasteiger partial charge in [-0.05, 0) is 24.6 Å². The number of ether oxygens (including phenoxy) is 2. The number of hydrogen-bond acceptors (Lipinski definition) is 7. The predicted molar refractivity (Wildman–Crippen MR) is 135 cm³/mol. The first-order chi connectivity index (χ1) is 19.0. The van der Waals surface area contributed by atoms with E-state index < -0.39 is 23.4 Å². The molecule has 14 heteroatoms. The van der Waals surface area contributed by atoms with Crippen molar-refractivity contribution in [1.29, 1.82) is 0 Å². The molecule has 3 aliphatic heterocycles. The first kappa shape index (κ1) is 27.4. The molecule has 2 saturated heterocycles. The van der Waals surface area contributed by atoms with Gasteiger partial charge in [0.25, 0.3) is 5.91 Å². The summed E-state index contributed by atoms with van der Waals surface area (Å²) in [5.74, 6) is -2.90. The number of halogens is 4. The van der Waals surface area contributed by atoms with Gasteiger partial charge in [-0.3, -0.25) is 9.59 Å². The molecule has 0 spiro atoms. The summed E-state index contributed by atoms with van der Waals surface area (Å²) in [4.78, 5) is 39.1. The molecule has 0 bridgehead atoms. The number of alkyl halides is 3. The summed E-state index contributed by atoms with van der Waals surface area (Å²) in [6.45, 7) is 2.75. The number of hydrogen-bond donors (Lipinski definition) is 2. The Kier molecular flexibility index (Phi) is 7.14. The van der Waals surface area contributed by atoms with E-state index in [1.54, 1.807) is 21.7 Å². The van der Waals surface area contributed by atoms with Crippen molar-refractivity contribution in [2.24, 2.45) is 5.73 Å². The molecule has 10 nitrogen and oxygen atoms in total. The summed E-state index contributed by atoms with van der Waals surface area (Å²) in [7, 11) is 0. The molecule has 3 aliphatic rings. The Morgan fingerprint density at radius 2 is 1.77 bits per heavy atom. The fraction of sp³-hybridized carbons (Fsp3) is 0.346. The average Bonchev–Trinajstić information content (AvgIpc) is 3.35. The summed E-state index contributed by atoms with van der Waals surface area (Å²) >= 11 is 0. The van der Waals surface area contributed by atoms with Crippen LogP contribution in [0.3, 0.4) is 0 Å². The molecular weight excluding hydrogens is 540 g/mol. The van der Waals surface area contributed by atoms with Gasteiger partial charge in [-0.2, -0.15) is 13.2 Å². The zero-order valence-corrected chi connectivity index (χ0v) is 20.9. The van der Waals surface area contributed by atoms with Gasteiger partial charge in [0.1, 0.15) is 16.8 Å². The van der Waals surface area contributed by atoms with E-state index in [2.05, 4.69) is 0 Å². The van der Waals surface area contributed by atoms with Crippen molar-refractivity contribution in [1.82, 2.24) is 9.47 Å². The number of pyridine rings is 1. The van der Waals surface area contributed by atoms with Crippen LogP contribution in [0, 0.1) is 5.82 Å². The van der Waals surface area contributed by atoms with E-state index >= 15 is 4.39 Å². The quantitative estimate of drug-likeness (QED) is 0.356. The largest absolute Gasteiger partial charge is 0.490 e. The van der Waals surface area contributed by atoms with Gasteiger partial charge in [0.05, 0.1) is 24.3 Å². The number of morpholine rings is 1. The molecule has 0 aliphatic carbocycles. The third-order valence-corrected chi connectivity index (χ3v) is 6.82. The third kappa shape index (κ3) is 4.95. The standard InChI is InChI=1S/C24H23FN4O4.C2HF3O2/c25-17-11-15-20-23(21(17)28-6-5-14(26)12-28)33-19-4-2-1-3-18(19)29(20)13-16(22(15)30)24(31)27-7-9-32-10-8-27;3-2(4,5)1(6)7/h1-4,11,13-14H,5-10,12,26H2;(H,6,7). The lowest BCUT2D eigenvalue weighted by Gasteiger charge is -2.30. The number of aromatic nitrogens is 1. The van der Waals surface area contributed by atoms with Crippen LogP contribution < -0.4 is 20.8 Å². The minimum Gasteiger partial charge on any atom is -0.475 e. The highest BCUT2D eigenvalue weighted by atomic mass is 19.4. The Morgan fingerprint density at radius 3 is 2.40 bits per heavy atom. The molecule has 0 saturated carbocycles. The minimum atomic E-state index is -5.08. The first-order valence-corrected chi connectivity index (χ1v) is 12.3. The molecular formula is C26H24F4N4O6. The molecule has 1 atom stereocenters. The number of carbonyl (C=O) groups is 2. The molecule has 1 aromatic heterocycles. The lowest BCUT2D eigenvalue weighted by atomic mass is 10.1. The van der Waals surface area contributed by atoms with E-state index in [1.807, 2.05) is 23.1 Å². The van der Waals surface area contributed by atoms with Crippen molar-refractivity contribution in [2.45, 2.75) is 18.6 Å². The molecule has 6 rings (SSSR count). The van der Waals surface area contributed by atoms with Gasteiger partial charge < -0.3 is 34.7 Å². The lowest BCUT2D eigenvalue weighted by Crippen LogP contribution is -2.42. The number of aliphatic carboxylic acids is 1. The maximum atomic E-state index is 15.5. The smallest absolute Gasteiger partial charge is 0.475 e. The van der Waals surface area contributed by atoms with Crippen molar-refractivity contribution in [3.63, 3.8) is 0 Å². The van der Waals surface area contributed by atoms with Gasteiger partial charge in [-0.15, -0.1) is 0 Å². The van der Waals surface area contributed by atoms with Crippen LogP contribution in [-0.2, 0) is 9.53 Å². The Bertz CT molecular complexity index is 1550. The SMILES string of the molecule is NC1CCN(c2c(F)cc3c(=O)c(C(=O)N4CCOCC4)cn4c3c2Oc2ccccc2-4)C1.O=C(O)C(F)(F)F. The van der Waals surface area contributed by atoms with Crippen LogP contribution in [0.4, 0.5) is 23.2 Å². The summed E-state index contributed by atoms with van der Waals surface area (Å²) in [5, 5.41) is 7.24. The van der Waals surface area contributed by atoms with Gasteiger partial charge in [0.2, 0.25) is 5.43 Å². The van der Waals surface area contributed by atoms with Gasteiger partial charge in [0.15, 0.2) is 17.3 Å². The van der Waals surface area contributed by atoms with Crippen LogP contribution >= 0.6 is 0 Å². The fourth-order valence-corrected chi connectivity index (χ4v) is 4.93. The predicted octanol–water partition coefficient (Wildman–Crippen LogP) is 2.88. The van der Waals surface area contributed by atoms with E-state index in [0.717, 1.165) is 6.42 Å². The van der Waals surface area contributed by atoms with Crippen LogP contribution in [0.1, 0.15) is 16.8 Å². The Morgan fingerprint density at radius 1 is 1.10 bits per heavy atom. The number of carboxylic acids is 1. The van der Waals surface area contributed by atoms with E-state index in [4.69, 9.17) is 25.1 Å². The molecule has 1 unspecified atom stereocenters. The average molecular weight is 564 g/mol.